The molecule has 0 amide bonds. The van der Waals surface area contributed by atoms with Crippen LogP contribution in [0.3, 0.4) is 0 Å². The Balaban J connectivity index is 1.42. The molecule has 5 aliphatic rings. The van der Waals surface area contributed by atoms with Crippen molar-refractivity contribution in [1.82, 2.24) is 0 Å². The average Bonchev–Trinajstić information content (AvgIpc) is 3.60. The van der Waals surface area contributed by atoms with Crippen LogP contribution in [0.25, 0.3) is 0 Å². The minimum Gasteiger partial charge on any atom is -0.448 e. The number of halogens is 1. The van der Waals surface area contributed by atoms with Crippen molar-refractivity contribution in [1.29, 1.82) is 5.26 Å². The second kappa shape index (κ2) is 10.5. The highest BCUT2D eigenvalue weighted by Crippen LogP contribution is 2.90. The summed E-state index contributed by atoms with van der Waals surface area (Å²) in [6.07, 6.45) is 6.54. The number of aliphatic hydroxyl groups is 1. The molecule has 5 aliphatic carbocycles. The molecule has 4 saturated carbocycles. The molecule has 3 N–H and O–H groups in total. The van der Waals surface area contributed by atoms with Crippen LogP contribution in [0, 0.1) is 50.6 Å². The number of hydrogen-bond donors (Lipinski definition) is 2. The van der Waals surface area contributed by atoms with Gasteiger partial charge in [0.15, 0.2) is 5.60 Å². The van der Waals surface area contributed by atoms with E-state index < -0.39 is 33.9 Å². The lowest BCUT2D eigenvalue weighted by atomic mass is 9.43. The van der Waals surface area contributed by atoms with Crippen molar-refractivity contribution >= 4 is 34.2 Å². The summed E-state index contributed by atoms with van der Waals surface area (Å²) in [5.41, 5.74) is 6.34. The molecule has 0 heterocycles. The highest BCUT2D eigenvalue weighted by molar-refractivity contribution is 8.14. The van der Waals surface area contributed by atoms with Crippen LogP contribution in [-0.4, -0.2) is 53.1 Å². The van der Waals surface area contributed by atoms with Crippen LogP contribution < -0.4 is 5.73 Å². The SMILES string of the molecule is COCC(=O)O[C@]1(C(=O)SCC#N)CCC2[C@]34C[C@H](C)C5=CC(=Nc6ccc(F)cc6)C(=CN)C[C@]5(C)C3(C4)[C@@H](O)C[C@@]21C. The Morgan fingerprint density at radius 1 is 1.27 bits per heavy atom. The molecule has 8 nitrogen and oxygen atoms in total. The minimum absolute atomic E-state index is 0.0285. The number of ether oxygens (including phenoxy) is 2. The maximum absolute atomic E-state index is 13.9. The van der Waals surface area contributed by atoms with Gasteiger partial charge >= 0.3 is 5.97 Å². The zero-order valence-electron chi connectivity index (χ0n) is 25.7. The number of carbonyl (C=O) groups is 2. The van der Waals surface area contributed by atoms with Crippen LogP contribution in [-0.2, 0) is 19.1 Å². The smallest absolute Gasteiger partial charge is 0.333 e. The van der Waals surface area contributed by atoms with Crippen molar-refractivity contribution in [3.63, 3.8) is 0 Å². The lowest BCUT2D eigenvalue weighted by Crippen LogP contribution is -2.63. The molecular weight excluding hydrogens is 581 g/mol. The molecule has 10 heteroatoms. The molecule has 0 saturated heterocycles. The van der Waals surface area contributed by atoms with Crippen molar-refractivity contribution in [2.24, 2.45) is 44.2 Å². The maximum Gasteiger partial charge on any atom is 0.333 e. The predicted molar refractivity (Wildman–Crippen MR) is 165 cm³/mol. The van der Waals surface area contributed by atoms with E-state index in [1.54, 1.807) is 18.3 Å². The van der Waals surface area contributed by atoms with Gasteiger partial charge in [-0.05, 0) is 97.9 Å². The zero-order valence-corrected chi connectivity index (χ0v) is 26.5. The van der Waals surface area contributed by atoms with Gasteiger partial charge in [-0.15, -0.1) is 0 Å². The number of nitriles is 1. The molecule has 0 radical (unpaired) electrons. The van der Waals surface area contributed by atoms with Gasteiger partial charge in [0, 0.05) is 23.4 Å². The standard InChI is InChI=1S/C34H40FN3O5S/c1-20-14-32-19-33(32,30(2)15-21(17-37)25(13-24(20)30)38-23-7-5-22(35)6-8-23)27(39)16-31(3)26(32)9-10-34(31,29(41)44-12-11-36)43-28(40)18-42-4/h5-8,13,17,20,26-27,39H,9-10,12,14-16,18-19,37H2,1-4H3/t20-,26?,27-,30-,31-,32+,33?,34-/m0/s1. The molecule has 1 aromatic carbocycles. The molecule has 0 spiro atoms. The third kappa shape index (κ3) is 3.98. The number of esters is 1. The van der Waals surface area contributed by atoms with E-state index in [2.05, 4.69) is 19.9 Å². The number of aliphatic hydroxyl groups excluding tert-OH is 1. The number of benzene rings is 1. The van der Waals surface area contributed by atoms with E-state index in [0.29, 0.717) is 31.4 Å². The largest absolute Gasteiger partial charge is 0.448 e. The molecule has 0 bridgehead atoms. The van der Waals surface area contributed by atoms with Gasteiger partial charge in [0.2, 0.25) is 5.12 Å². The molecule has 0 aromatic heterocycles. The van der Waals surface area contributed by atoms with Crippen LogP contribution in [0.1, 0.15) is 59.3 Å². The van der Waals surface area contributed by atoms with Gasteiger partial charge in [0.1, 0.15) is 12.4 Å². The highest BCUT2D eigenvalue weighted by atomic mass is 32.2. The first-order valence-electron chi connectivity index (χ1n) is 15.3. The number of hydrogen-bond acceptors (Lipinski definition) is 9. The molecule has 2 unspecified atom stereocenters. The number of methoxy groups -OCH3 is 1. The van der Waals surface area contributed by atoms with Crippen molar-refractivity contribution < 1.29 is 28.6 Å². The number of thioether (sulfide) groups is 1. The average molecular weight is 622 g/mol. The van der Waals surface area contributed by atoms with Crippen molar-refractivity contribution in [3.05, 3.63) is 53.5 Å². The van der Waals surface area contributed by atoms with Gasteiger partial charge in [-0.25, -0.2) is 14.2 Å². The topological polar surface area (TPSA) is 135 Å². The Morgan fingerprint density at radius 3 is 2.66 bits per heavy atom. The molecule has 4 fully saturated rings. The summed E-state index contributed by atoms with van der Waals surface area (Å²) in [5.74, 6) is -0.790. The maximum atomic E-state index is 13.9. The van der Waals surface area contributed by atoms with Crippen LogP contribution in [0.2, 0.25) is 0 Å². The Labute approximate surface area is 262 Å². The van der Waals surface area contributed by atoms with Gasteiger partial charge < -0.3 is 20.3 Å². The Kier molecular flexibility index (Phi) is 7.42. The molecule has 1 aromatic rings. The molecule has 234 valence electrons. The van der Waals surface area contributed by atoms with Crippen molar-refractivity contribution in [2.75, 3.05) is 19.5 Å². The summed E-state index contributed by atoms with van der Waals surface area (Å²) in [4.78, 5) is 31.6. The number of aliphatic imine (C=N–C) groups is 1. The van der Waals surface area contributed by atoms with E-state index in [1.165, 1.54) is 24.8 Å². The minimum atomic E-state index is -1.45. The number of fused-ring (bicyclic) bond motifs is 2. The third-order valence-electron chi connectivity index (χ3n) is 12.1. The first kappa shape index (κ1) is 31.0. The summed E-state index contributed by atoms with van der Waals surface area (Å²) in [7, 11) is 1.40. The molecule has 44 heavy (non-hydrogen) atoms. The zero-order chi connectivity index (χ0) is 31.7. The summed E-state index contributed by atoms with van der Waals surface area (Å²) in [5, 5.41) is 21.2. The second-order valence-corrected chi connectivity index (χ2v) is 14.8. The van der Waals surface area contributed by atoms with E-state index in [4.69, 9.17) is 20.2 Å². The van der Waals surface area contributed by atoms with Gasteiger partial charge in [-0.2, -0.15) is 5.26 Å². The van der Waals surface area contributed by atoms with Gasteiger partial charge in [0.25, 0.3) is 0 Å². The third-order valence-corrected chi connectivity index (χ3v) is 13.0. The molecule has 0 aliphatic heterocycles. The first-order chi connectivity index (χ1) is 20.9. The monoisotopic (exact) mass is 621 g/mol. The number of carbonyl (C=O) groups excluding carboxylic acids is 2. The normalized spacial score (nSPS) is 41.9. The summed E-state index contributed by atoms with van der Waals surface area (Å²) in [6.45, 7) is 6.19. The van der Waals surface area contributed by atoms with E-state index >= 15 is 0 Å². The van der Waals surface area contributed by atoms with Gasteiger partial charge in [0.05, 0.1) is 29.3 Å². The summed E-state index contributed by atoms with van der Waals surface area (Å²) < 4.78 is 24.7. The fourth-order valence-corrected chi connectivity index (χ4v) is 11.4. The molecular formula is C34H40FN3O5S. The van der Waals surface area contributed by atoms with Crippen LogP contribution in [0.5, 0.6) is 0 Å². The molecule has 8 atom stereocenters. The van der Waals surface area contributed by atoms with Gasteiger partial charge in [-0.3, -0.25) is 4.79 Å². The highest BCUT2D eigenvalue weighted by Gasteiger charge is 2.88. The molecule has 6 rings (SSSR count). The van der Waals surface area contributed by atoms with E-state index in [-0.39, 0.29) is 40.5 Å². The van der Waals surface area contributed by atoms with Crippen LogP contribution in [0.15, 0.2) is 52.7 Å². The lowest BCUT2D eigenvalue weighted by molar-refractivity contribution is -0.199. The predicted octanol–water partition coefficient (Wildman–Crippen LogP) is 5.39. The fraction of sp³-hybridized carbons (Fsp3) is 0.588. The number of rotatable bonds is 6. The second-order valence-electron chi connectivity index (χ2n) is 13.9. The van der Waals surface area contributed by atoms with Gasteiger partial charge in [-0.1, -0.05) is 38.1 Å². The number of nitrogens with two attached hydrogens (primary N) is 1. The summed E-state index contributed by atoms with van der Waals surface area (Å²) in [6, 6.07) is 8.09. The Bertz CT molecular complexity index is 1540. The number of nitrogens with zero attached hydrogens (tertiary/aromatic N) is 2. The number of allylic oxidation sites excluding steroid dienone is 3. The van der Waals surface area contributed by atoms with Crippen molar-refractivity contribution in [3.8, 4) is 6.07 Å². The Morgan fingerprint density at radius 2 is 2.00 bits per heavy atom. The van der Waals surface area contributed by atoms with Crippen LogP contribution >= 0.6 is 11.8 Å². The Hall–Kier alpha value is -3.00. The fourth-order valence-electron chi connectivity index (χ4n) is 10.6. The van der Waals surface area contributed by atoms with Crippen molar-refractivity contribution in [2.45, 2.75) is 71.0 Å². The quantitative estimate of drug-likeness (QED) is 0.404. The van der Waals surface area contributed by atoms with E-state index in [1.807, 2.05) is 13.0 Å². The lowest BCUT2D eigenvalue weighted by Gasteiger charge is -2.61. The van der Waals surface area contributed by atoms with E-state index in [0.717, 1.165) is 35.9 Å². The summed E-state index contributed by atoms with van der Waals surface area (Å²) >= 11 is 0.887. The van der Waals surface area contributed by atoms with Crippen LogP contribution in [0.4, 0.5) is 10.1 Å². The van der Waals surface area contributed by atoms with E-state index in [9.17, 15) is 24.3 Å². The first-order valence-corrected chi connectivity index (χ1v) is 16.3.